The largest absolute Gasteiger partial charge is 0.477 e. The van der Waals surface area contributed by atoms with Crippen molar-refractivity contribution in [2.45, 2.75) is 45.7 Å². The van der Waals surface area contributed by atoms with Crippen molar-refractivity contribution in [1.29, 1.82) is 0 Å². The van der Waals surface area contributed by atoms with Gasteiger partial charge in [0.1, 0.15) is 0 Å². The quantitative estimate of drug-likeness (QED) is 0.524. The predicted octanol–water partition coefficient (Wildman–Crippen LogP) is 3.90. The fraction of sp³-hybridized carbons (Fsp3) is 0.478. The number of nitrogens with one attached hydrogen (secondary N) is 2. The molecule has 3 rings (SSSR count). The lowest BCUT2D eigenvalue weighted by Crippen LogP contribution is -2.38. The van der Waals surface area contributed by atoms with Crippen molar-refractivity contribution < 1.29 is 4.74 Å². The van der Waals surface area contributed by atoms with E-state index >= 15 is 0 Å². The van der Waals surface area contributed by atoms with Gasteiger partial charge in [-0.2, -0.15) is 0 Å². The first kappa shape index (κ1) is 21.0. The van der Waals surface area contributed by atoms with Crippen LogP contribution in [0.15, 0.2) is 47.6 Å². The Hall–Kier alpha value is -2.76. The normalized spacial score (nSPS) is 15.3. The van der Waals surface area contributed by atoms with Gasteiger partial charge in [0.15, 0.2) is 5.96 Å². The summed E-state index contributed by atoms with van der Waals surface area (Å²) in [5, 5.41) is 6.87. The predicted molar refractivity (Wildman–Crippen MR) is 120 cm³/mol. The Morgan fingerprint density at radius 3 is 2.83 bits per heavy atom. The third kappa shape index (κ3) is 5.86. The van der Waals surface area contributed by atoms with Crippen LogP contribution in [0.2, 0.25) is 0 Å². The first-order valence-corrected chi connectivity index (χ1v) is 10.6. The fourth-order valence-corrected chi connectivity index (χ4v) is 3.52. The van der Waals surface area contributed by atoms with Crippen LogP contribution in [-0.4, -0.2) is 37.7 Å². The van der Waals surface area contributed by atoms with E-state index in [-0.39, 0.29) is 6.04 Å². The maximum Gasteiger partial charge on any atom is 0.218 e. The summed E-state index contributed by atoms with van der Waals surface area (Å²) in [5.74, 6) is 1.44. The number of benzene rings is 1. The SMILES string of the molecule is CCCOc1ncccc1CNC(=NC)NC(C)c1cccc(N2CCCC2)c1. The smallest absolute Gasteiger partial charge is 0.218 e. The minimum Gasteiger partial charge on any atom is -0.477 e. The Morgan fingerprint density at radius 1 is 1.24 bits per heavy atom. The minimum atomic E-state index is 0.147. The number of hydrogen-bond donors (Lipinski definition) is 2. The third-order valence-corrected chi connectivity index (χ3v) is 5.16. The van der Waals surface area contributed by atoms with E-state index in [1.807, 2.05) is 12.1 Å². The maximum atomic E-state index is 5.75. The summed E-state index contributed by atoms with van der Waals surface area (Å²) in [6.07, 6.45) is 5.29. The molecule has 6 nitrogen and oxygen atoms in total. The van der Waals surface area contributed by atoms with Crippen molar-refractivity contribution in [3.63, 3.8) is 0 Å². The van der Waals surface area contributed by atoms with Crippen LogP contribution in [0.5, 0.6) is 5.88 Å². The molecule has 6 heteroatoms. The zero-order chi connectivity index (χ0) is 20.5. The van der Waals surface area contributed by atoms with E-state index in [9.17, 15) is 0 Å². The molecule has 1 aromatic carbocycles. The number of aliphatic imine (C=N–C) groups is 1. The Morgan fingerprint density at radius 2 is 2.07 bits per heavy atom. The molecule has 0 aliphatic carbocycles. The zero-order valence-corrected chi connectivity index (χ0v) is 17.8. The molecular weight excluding hydrogens is 362 g/mol. The summed E-state index contributed by atoms with van der Waals surface area (Å²) < 4.78 is 5.75. The second kappa shape index (κ2) is 10.7. The fourth-order valence-electron chi connectivity index (χ4n) is 3.52. The van der Waals surface area contributed by atoms with Crippen molar-refractivity contribution in [2.24, 2.45) is 4.99 Å². The summed E-state index contributed by atoms with van der Waals surface area (Å²) in [7, 11) is 1.79. The van der Waals surface area contributed by atoms with Gasteiger partial charge in [-0.15, -0.1) is 0 Å². The van der Waals surface area contributed by atoms with E-state index in [4.69, 9.17) is 4.74 Å². The monoisotopic (exact) mass is 395 g/mol. The average molecular weight is 396 g/mol. The Labute approximate surface area is 174 Å². The van der Waals surface area contributed by atoms with Gasteiger partial charge in [-0.3, -0.25) is 4.99 Å². The molecule has 0 spiro atoms. The van der Waals surface area contributed by atoms with Crippen LogP contribution in [0.1, 0.15) is 50.3 Å². The Kier molecular flexibility index (Phi) is 7.73. The second-order valence-corrected chi connectivity index (χ2v) is 7.40. The summed E-state index contributed by atoms with van der Waals surface area (Å²) in [6, 6.07) is 12.9. The lowest BCUT2D eigenvalue weighted by Gasteiger charge is -2.22. The van der Waals surface area contributed by atoms with Crippen molar-refractivity contribution in [2.75, 3.05) is 31.6 Å². The molecule has 1 aromatic heterocycles. The van der Waals surface area contributed by atoms with Crippen molar-refractivity contribution in [3.05, 3.63) is 53.7 Å². The van der Waals surface area contributed by atoms with Crippen LogP contribution in [0, 0.1) is 0 Å². The van der Waals surface area contributed by atoms with Crippen molar-refractivity contribution >= 4 is 11.6 Å². The highest BCUT2D eigenvalue weighted by Gasteiger charge is 2.15. The molecular formula is C23H33N5O. The molecule has 0 bridgehead atoms. The highest BCUT2D eigenvalue weighted by Crippen LogP contribution is 2.24. The van der Waals surface area contributed by atoms with Crippen LogP contribution in [0.3, 0.4) is 0 Å². The van der Waals surface area contributed by atoms with E-state index in [1.54, 1.807) is 13.2 Å². The van der Waals surface area contributed by atoms with Crippen LogP contribution < -0.4 is 20.3 Å². The molecule has 2 aromatic rings. The number of ether oxygens (including phenoxy) is 1. The highest BCUT2D eigenvalue weighted by molar-refractivity contribution is 5.80. The summed E-state index contributed by atoms with van der Waals surface area (Å²) >= 11 is 0. The van der Waals surface area contributed by atoms with Gasteiger partial charge in [-0.05, 0) is 49.9 Å². The van der Waals surface area contributed by atoms with Gasteiger partial charge < -0.3 is 20.3 Å². The molecule has 156 valence electrons. The number of rotatable bonds is 8. The molecule has 2 N–H and O–H groups in total. The molecule has 1 saturated heterocycles. The van der Waals surface area contributed by atoms with Crippen molar-refractivity contribution in [1.82, 2.24) is 15.6 Å². The van der Waals surface area contributed by atoms with Crippen LogP contribution >= 0.6 is 0 Å². The van der Waals surface area contributed by atoms with Gasteiger partial charge in [0.2, 0.25) is 5.88 Å². The molecule has 1 fully saturated rings. The number of anilines is 1. The number of nitrogens with zero attached hydrogens (tertiary/aromatic N) is 3. The van der Waals surface area contributed by atoms with E-state index in [1.165, 1.54) is 24.1 Å². The lowest BCUT2D eigenvalue weighted by atomic mass is 10.1. The van der Waals surface area contributed by atoms with Crippen LogP contribution in [-0.2, 0) is 6.54 Å². The molecule has 0 radical (unpaired) electrons. The zero-order valence-electron chi connectivity index (χ0n) is 17.8. The number of pyridine rings is 1. The molecule has 1 atom stereocenters. The van der Waals surface area contributed by atoms with Gasteiger partial charge in [0, 0.05) is 44.1 Å². The molecule has 1 unspecified atom stereocenters. The molecule has 0 amide bonds. The Bertz CT molecular complexity index is 801. The topological polar surface area (TPSA) is 61.8 Å². The van der Waals surface area contributed by atoms with Gasteiger partial charge in [-0.25, -0.2) is 4.98 Å². The average Bonchev–Trinajstić information content (AvgIpc) is 3.30. The van der Waals surface area contributed by atoms with E-state index in [0.29, 0.717) is 19.0 Å². The van der Waals surface area contributed by atoms with E-state index < -0.39 is 0 Å². The first-order chi connectivity index (χ1) is 14.2. The van der Waals surface area contributed by atoms with E-state index in [0.717, 1.165) is 31.0 Å². The molecule has 2 heterocycles. The molecule has 29 heavy (non-hydrogen) atoms. The van der Waals surface area contributed by atoms with Gasteiger partial charge in [0.25, 0.3) is 0 Å². The minimum absolute atomic E-state index is 0.147. The second-order valence-electron chi connectivity index (χ2n) is 7.40. The van der Waals surface area contributed by atoms with Gasteiger partial charge >= 0.3 is 0 Å². The summed E-state index contributed by atoms with van der Waals surface area (Å²) in [5.41, 5.74) is 3.59. The lowest BCUT2D eigenvalue weighted by molar-refractivity contribution is 0.301. The van der Waals surface area contributed by atoms with Crippen LogP contribution in [0.25, 0.3) is 0 Å². The summed E-state index contributed by atoms with van der Waals surface area (Å²) in [6.45, 7) is 7.83. The first-order valence-electron chi connectivity index (χ1n) is 10.6. The summed E-state index contributed by atoms with van der Waals surface area (Å²) in [4.78, 5) is 11.2. The van der Waals surface area contributed by atoms with Gasteiger partial charge in [-0.1, -0.05) is 25.1 Å². The van der Waals surface area contributed by atoms with E-state index in [2.05, 4.69) is 63.6 Å². The van der Waals surface area contributed by atoms with Crippen LogP contribution in [0.4, 0.5) is 5.69 Å². The number of guanidine groups is 1. The standard InChI is InChI=1S/C23H33N5O/c1-4-15-29-22-20(10-8-12-25-22)17-26-23(24-3)27-18(2)19-9-7-11-21(16-19)28-13-5-6-14-28/h7-12,16,18H,4-6,13-15,17H2,1-3H3,(H2,24,26,27). The Balaban J connectivity index is 1.60. The molecule has 1 aliphatic rings. The number of aromatic nitrogens is 1. The maximum absolute atomic E-state index is 5.75. The van der Waals surface area contributed by atoms with Gasteiger partial charge in [0.05, 0.1) is 12.6 Å². The highest BCUT2D eigenvalue weighted by atomic mass is 16.5. The molecule has 0 saturated carbocycles. The van der Waals surface area contributed by atoms with Crippen molar-refractivity contribution in [3.8, 4) is 5.88 Å². The third-order valence-electron chi connectivity index (χ3n) is 5.16. The number of hydrogen-bond acceptors (Lipinski definition) is 4. The molecule has 1 aliphatic heterocycles.